The zero-order valence-electron chi connectivity index (χ0n) is 6.33. The van der Waals surface area contributed by atoms with Crippen molar-refractivity contribution in [2.24, 2.45) is 0 Å². The molecular weight excluding hydrogens is 160 g/mol. The molecule has 0 atom stereocenters. The van der Waals surface area contributed by atoms with Gasteiger partial charge >= 0.3 is 0 Å². The summed E-state index contributed by atoms with van der Waals surface area (Å²) in [6.45, 7) is 2.07. The largest absolute Gasteiger partial charge is 0.325 e. The van der Waals surface area contributed by atoms with Crippen LogP contribution in [0.5, 0.6) is 0 Å². The first-order valence-electron chi connectivity index (χ1n) is 3.51. The topological polar surface area (TPSA) is 45.8 Å². The summed E-state index contributed by atoms with van der Waals surface area (Å²) < 4.78 is 0. The highest BCUT2D eigenvalue weighted by molar-refractivity contribution is 7.99. The molecule has 0 aliphatic heterocycles. The van der Waals surface area contributed by atoms with Crippen molar-refractivity contribution in [2.75, 3.05) is 5.75 Å². The van der Waals surface area contributed by atoms with Gasteiger partial charge in [-0.25, -0.2) is 4.98 Å². The fourth-order valence-corrected chi connectivity index (χ4v) is 1.36. The highest BCUT2D eigenvalue weighted by atomic mass is 32.2. The SMILES string of the molecule is CCCSc1ncc[nH]c1=O. The van der Waals surface area contributed by atoms with E-state index in [2.05, 4.69) is 16.9 Å². The molecule has 0 saturated carbocycles. The molecular formula is C7H10N2OS. The number of rotatable bonds is 3. The van der Waals surface area contributed by atoms with Gasteiger partial charge in [0.15, 0.2) is 5.03 Å². The van der Waals surface area contributed by atoms with Crippen LogP contribution in [0.1, 0.15) is 13.3 Å². The molecule has 1 rings (SSSR count). The van der Waals surface area contributed by atoms with Gasteiger partial charge in [0.2, 0.25) is 0 Å². The first-order valence-corrected chi connectivity index (χ1v) is 4.49. The lowest BCUT2D eigenvalue weighted by Gasteiger charge is -1.94. The predicted octanol–water partition coefficient (Wildman–Crippen LogP) is 1.27. The minimum Gasteiger partial charge on any atom is -0.325 e. The second-order valence-electron chi connectivity index (χ2n) is 2.07. The van der Waals surface area contributed by atoms with Crippen LogP contribution >= 0.6 is 11.8 Å². The van der Waals surface area contributed by atoms with Crippen LogP contribution in [-0.2, 0) is 0 Å². The lowest BCUT2D eigenvalue weighted by atomic mass is 10.6. The van der Waals surface area contributed by atoms with Gasteiger partial charge in [-0.15, -0.1) is 11.8 Å². The van der Waals surface area contributed by atoms with E-state index in [0.29, 0.717) is 5.03 Å². The maximum atomic E-state index is 11.0. The highest BCUT2D eigenvalue weighted by Crippen LogP contribution is 2.09. The van der Waals surface area contributed by atoms with Crippen LogP contribution in [0, 0.1) is 0 Å². The molecule has 0 bridgehead atoms. The van der Waals surface area contributed by atoms with Gasteiger partial charge in [-0.1, -0.05) is 6.92 Å². The van der Waals surface area contributed by atoms with Crippen molar-refractivity contribution < 1.29 is 0 Å². The van der Waals surface area contributed by atoms with E-state index in [-0.39, 0.29) is 5.56 Å². The summed E-state index contributed by atoms with van der Waals surface area (Å²) in [6, 6.07) is 0. The van der Waals surface area contributed by atoms with E-state index in [9.17, 15) is 4.79 Å². The molecule has 0 fully saturated rings. The van der Waals surface area contributed by atoms with Gasteiger partial charge in [-0.05, 0) is 12.2 Å². The Kier molecular flexibility index (Phi) is 3.16. The number of H-pyrrole nitrogens is 1. The summed E-state index contributed by atoms with van der Waals surface area (Å²) in [5.41, 5.74) is -0.0917. The van der Waals surface area contributed by atoms with Crippen LogP contribution in [0.3, 0.4) is 0 Å². The Morgan fingerprint density at radius 1 is 1.73 bits per heavy atom. The van der Waals surface area contributed by atoms with E-state index in [1.54, 1.807) is 12.4 Å². The maximum absolute atomic E-state index is 11.0. The summed E-state index contributed by atoms with van der Waals surface area (Å²) in [5, 5.41) is 0.564. The predicted molar refractivity (Wildman–Crippen MR) is 45.9 cm³/mol. The van der Waals surface area contributed by atoms with Gasteiger partial charge in [0.25, 0.3) is 5.56 Å². The third-order valence-electron chi connectivity index (χ3n) is 1.12. The number of aromatic amines is 1. The second-order valence-corrected chi connectivity index (χ2v) is 3.16. The molecule has 3 nitrogen and oxygen atoms in total. The Balaban J connectivity index is 2.70. The van der Waals surface area contributed by atoms with Crippen molar-refractivity contribution in [2.45, 2.75) is 18.4 Å². The molecule has 1 N–H and O–H groups in total. The maximum Gasteiger partial charge on any atom is 0.280 e. The van der Waals surface area contributed by atoms with Crippen molar-refractivity contribution in [1.82, 2.24) is 9.97 Å². The normalized spacial score (nSPS) is 9.91. The molecule has 4 heteroatoms. The Bertz CT molecular complexity index is 271. The lowest BCUT2D eigenvalue weighted by molar-refractivity contribution is 0.991. The van der Waals surface area contributed by atoms with Crippen molar-refractivity contribution in [3.8, 4) is 0 Å². The van der Waals surface area contributed by atoms with Crippen molar-refractivity contribution >= 4 is 11.8 Å². The third-order valence-corrected chi connectivity index (χ3v) is 2.29. The standard InChI is InChI=1S/C7H10N2OS/c1-2-5-11-7-6(10)8-3-4-9-7/h3-4H,2,5H2,1H3,(H,8,10). The quantitative estimate of drug-likeness (QED) is 0.695. The van der Waals surface area contributed by atoms with Crippen LogP contribution in [0.2, 0.25) is 0 Å². The Labute approximate surface area is 69.3 Å². The average molecular weight is 170 g/mol. The van der Waals surface area contributed by atoms with Gasteiger partial charge in [0.05, 0.1) is 0 Å². The Morgan fingerprint density at radius 3 is 3.18 bits per heavy atom. The first kappa shape index (κ1) is 8.33. The zero-order chi connectivity index (χ0) is 8.10. The smallest absolute Gasteiger partial charge is 0.280 e. The van der Waals surface area contributed by atoms with Crippen LogP contribution < -0.4 is 5.56 Å². The number of hydrogen-bond acceptors (Lipinski definition) is 3. The van der Waals surface area contributed by atoms with Gasteiger partial charge in [-0.3, -0.25) is 4.79 Å². The van der Waals surface area contributed by atoms with Gasteiger partial charge in [0, 0.05) is 12.4 Å². The molecule has 0 spiro atoms. The number of nitrogens with zero attached hydrogens (tertiary/aromatic N) is 1. The molecule has 1 aromatic rings. The summed E-state index contributed by atoms with van der Waals surface area (Å²) in [6.07, 6.45) is 4.19. The summed E-state index contributed by atoms with van der Waals surface area (Å²) in [4.78, 5) is 17.5. The second kappa shape index (κ2) is 4.18. The molecule has 1 heterocycles. The summed E-state index contributed by atoms with van der Waals surface area (Å²) >= 11 is 1.49. The van der Waals surface area contributed by atoms with E-state index in [4.69, 9.17) is 0 Å². The molecule has 0 aliphatic carbocycles. The average Bonchev–Trinajstić information content (AvgIpc) is 2.03. The zero-order valence-corrected chi connectivity index (χ0v) is 7.15. The molecule has 60 valence electrons. The van der Waals surface area contributed by atoms with Crippen molar-refractivity contribution in [3.05, 3.63) is 22.7 Å². The number of nitrogens with one attached hydrogen (secondary N) is 1. The van der Waals surface area contributed by atoms with E-state index in [0.717, 1.165) is 12.2 Å². The van der Waals surface area contributed by atoms with Crippen LogP contribution in [0.4, 0.5) is 0 Å². The minimum atomic E-state index is -0.0917. The Morgan fingerprint density at radius 2 is 2.55 bits per heavy atom. The number of hydrogen-bond donors (Lipinski definition) is 1. The van der Waals surface area contributed by atoms with Crippen molar-refractivity contribution in [3.63, 3.8) is 0 Å². The van der Waals surface area contributed by atoms with E-state index >= 15 is 0 Å². The van der Waals surface area contributed by atoms with Gasteiger partial charge < -0.3 is 4.98 Å². The molecule has 0 aromatic carbocycles. The molecule has 11 heavy (non-hydrogen) atoms. The van der Waals surface area contributed by atoms with E-state index < -0.39 is 0 Å². The minimum absolute atomic E-state index is 0.0917. The summed E-state index contributed by atoms with van der Waals surface area (Å²) in [7, 11) is 0. The molecule has 0 unspecified atom stereocenters. The molecule has 1 aromatic heterocycles. The van der Waals surface area contributed by atoms with E-state index in [1.165, 1.54) is 11.8 Å². The first-order chi connectivity index (χ1) is 5.34. The fraction of sp³-hybridized carbons (Fsp3) is 0.429. The third kappa shape index (κ3) is 2.38. The lowest BCUT2D eigenvalue weighted by Crippen LogP contribution is -2.08. The molecule has 0 amide bonds. The van der Waals surface area contributed by atoms with Gasteiger partial charge in [0.1, 0.15) is 0 Å². The molecule has 0 aliphatic rings. The molecule has 0 saturated heterocycles. The molecule has 0 radical (unpaired) electrons. The monoisotopic (exact) mass is 170 g/mol. The summed E-state index contributed by atoms with van der Waals surface area (Å²) in [5.74, 6) is 0.945. The van der Waals surface area contributed by atoms with Crippen LogP contribution in [0.15, 0.2) is 22.2 Å². The van der Waals surface area contributed by atoms with Crippen LogP contribution in [-0.4, -0.2) is 15.7 Å². The number of aromatic nitrogens is 2. The Hall–Kier alpha value is -0.770. The van der Waals surface area contributed by atoms with Crippen LogP contribution in [0.25, 0.3) is 0 Å². The highest BCUT2D eigenvalue weighted by Gasteiger charge is 1.97. The van der Waals surface area contributed by atoms with Crippen molar-refractivity contribution in [1.29, 1.82) is 0 Å². The fourth-order valence-electron chi connectivity index (χ4n) is 0.640. The van der Waals surface area contributed by atoms with Gasteiger partial charge in [-0.2, -0.15) is 0 Å². The van der Waals surface area contributed by atoms with E-state index in [1.807, 2.05) is 0 Å². The number of thioether (sulfide) groups is 1.